The van der Waals surface area contributed by atoms with E-state index in [9.17, 15) is 9.59 Å². The highest BCUT2D eigenvalue weighted by Gasteiger charge is 2.00. The number of rotatable bonds is 10. The van der Waals surface area contributed by atoms with Gasteiger partial charge in [0.05, 0.1) is 6.61 Å². The maximum absolute atomic E-state index is 11.0. The molecule has 0 fully saturated rings. The van der Waals surface area contributed by atoms with E-state index in [4.69, 9.17) is 4.74 Å². The van der Waals surface area contributed by atoms with E-state index in [1.165, 1.54) is 0 Å². The molecule has 100 valence electrons. The van der Waals surface area contributed by atoms with Crippen molar-refractivity contribution in [3.05, 3.63) is 0 Å². The van der Waals surface area contributed by atoms with Crippen LogP contribution in [0.5, 0.6) is 0 Å². The second-order valence-electron chi connectivity index (χ2n) is 3.79. The number of hydrogen-bond donors (Lipinski definition) is 2. The summed E-state index contributed by atoms with van der Waals surface area (Å²) in [6.45, 7) is 3.87. The first kappa shape index (κ1) is 15.9. The minimum absolute atomic E-state index is 0.0554. The van der Waals surface area contributed by atoms with Gasteiger partial charge >= 0.3 is 5.97 Å². The summed E-state index contributed by atoms with van der Waals surface area (Å²) in [5, 5.41) is 5.76. The Kier molecular flexibility index (Phi) is 10.7. The van der Waals surface area contributed by atoms with Crippen molar-refractivity contribution in [1.82, 2.24) is 10.6 Å². The van der Waals surface area contributed by atoms with Gasteiger partial charge in [0.1, 0.15) is 0 Å². The van der Waals surface area contributed by atoms with Gasteiger partial charge in [-0.2, -0.15) is 0 Å². The predicted octanol–water partition coefficient (Wildman–Crippen LogP) is 0.836. The van der Waals surface area contributed by atoms with Crippen molar-refractivity contribution in [2.24, 2.45) is 0 Å². The lowest BCUT2D eigenvalue weighted by Crippen LogP contribution is -2.25. The number of ether oxygens (including phenoxy) is 1. The first-order chi connectivity index (χ1) is 8.20. The highest BCUT2D eigenvalue weighted by molar-refractivity contribution is 5.75. The number of amides is 1. The molecule has 1 amide bonds. The van der Waals surface area contributed by atoms with Crippen molar-refractivity contribution in [2.45, 2.75) is 39.0 Å². The Morgan fingerprint density at radius 3 is 2.47 bits per heavy atom. The molecule has 0 saturated carbocycles. The first-order valence-electron chi connectivity index (χ1n) is 6.27. The largest absolute Gasteiger partial charge is 0.466 e. The van der Waals surface area contributed by atoms with Gasteiger partial charge in [0.25, 0.3) is 0 Å². The Balaban J connectivity index is 3.13. The van der Waals surface area contributed by atoms with E-state index in [0.717, 1.165) is 25.8 Å². The number of carbonyl (C=O) groups excluding carboxylic acids is 2. The molecular weight excluding hydrogens is 220 g/mol. The van der Waals surface area contributed by atoms with Gasteiger partial charge in [-0.25, -0.2) is 0 Å². The fraction of sp³-hybridized carbons (Fsp3) is 0.833. The van der Waals surface area contributed by atoms with Crippen molar-refractivity contribution in [3.63, 3.8) is 0 Å². The van der Waals surface area contributed by atoms with Crippen LogP contribution in [0.4, 0.5) is 0 Å². The van der Waals surface area contributed by atoms with E-state index in [1.54, 1.807) is 7.05 Å². The molecule has 0 saturated heterocycles. The SMILES string of the molecule is CCOC(=O)CCCCCNCCC(=O)NC. The molecule has 5 nitrogen and oxygen atoms in total. The number of nitrogens with one attached hydrogen (secondary N) is 2. The maximum Gasteiger partial charge on any atom is 0.305 e. The van der Waals surface area contributed by atoms with Crippen molar-refractivity contribution < 1.29 is 14.3 Å². The fourth-order valence-corrected chi connectivity index (χ4v) is 1.38. The molecule has 0 unspecified atom stereocenters. The van der Waals surface area contributed by atoms with Crippen LogP contribution in [-0.2, 0) is 14.3 Å². The molecular formula is C12H24N2O3. The summed E-state index contributed by atoms with van der Waals surface area (Å²) < 4.78 is 4.83. The Labute approximate surface area is 103 Å². The summed E-state index contributed by atoms with van der Waals surface area (Å²) in [6, 6.07) is 0. The molecule has 0 aromatic rings. The number of carbonyl (C=O) groups is 2. The van der Waals surface area contributed by atoms with Crippen LogP contribution in [-0.4, -0.2) is 38.6 Å². The van der Waals surface area contributed by atoms with Gasteiger partial charge < -0.3 is 15.4 Å². The molecule has 0 aromatic heterocycles. The van der Waals surface area contributed by atoms with Crippen LogP contribution in [0.1, 0.15) is 39.0 Å². The van der Waals surface area contributed by atoms with E-state index in [2.05, 4.69) is 10.6 Å². The lowest BCUT2D eigenvalue weighted by Gasteiger charge is -2.04. The summed E-state index contributed by atoms with van der Waals surface area (Å²) in [6.07, 6.45) is 3.92. The lowest BCUT2D eigenvalue weighted by molar-refractivity contribution is -0.143. The topological polar surface area (TPSA) is 67.4 Å². The molecule has 5 heteroatoms. The molecule has 17 heavy (non-hydrogen) atoms. The molecule has 0 heterocycles. The van der Waals surface area contributed by atoms with Crippen molar-refractivity contribution in [1.29, 1.82) is 0 Å². The van der Waals surface area contributed by atoms with Gasteiger partial charge in [-0.05, 0) is 26.3 Å². The van der Waals surface area contributed by atoms with Crippen molar-refractivity contribution in [3.8, 4) is 0 Å². The van der Waals surface area contributed by atoms with Gasteiger partial charge in [-0.1, -0.05) is 6.42 Å². The Hall–Kier alpha value is -1.10. The predicted molar refractivity (Wildman–Crippen MR) is 66.7 cm³/mol. The number of esters is 1. The third-order valence-electron chi connectivity index (χ3n) is 2.35. The van der Waals surface area contributed by atoms with Crippen LogP contribution in [0.25, 0.3) is 0 Å². The van der Waals surface area contributed by atoms with Gasteiger partial charge in [0.2, 0.25) is 5.91 Å². The minimum atomic E-state index is -0.111. The van der Waals surface area contributed by atoms with Crippen molar-refractivity contribution >= 4 is 11.9 Å². The zero-order valence-corrected chi connectivity index (χ0v) is 10.9. The normalized spacial score (nSPS) is 10.0. The van der Waals surface area contributed by atoms with Gasteiger partial charge in [-0.15, -0.1) is 0 Å². The molecule has 0 radical (unpaired) electrons. The highest BCUT2D eigenvalue weighted by atomic mass is 16.5. The molecule has 0 spiro atoms. The number of unbranched alkanes of at least 4 members (excludes halogenated alkanes) is 2. The summed E-state index contributed by atoms with van der Waals surface area (Å²) in [7, 11) is 1.64. The van der Waals surface area contributed by atoms with Crippen LogP contribution in [0, 0.1) is 0 Å². The molecule has 0 aliphatic rings. The van der Waals surface area contributed by atoms with E-state index < -0.39 is 0 Å². The summed E-state index contributed by atoms with van der Waals surface area (Å²) in [5.74, 6) is -0.0557. The van der Waals surface area contributed by atoms with Gasteiger partial charge in [0, 0.05) is 26.4 Å². The van der Waals surface area contributed by atoms with E-state index >= 15 is 0 Å². The van der Waals surface area contributed by atoms with E-state index in [1.807, 2.05) is 6.92 Å². The summed E-state index contributed by atoms with van der Waals surface area (Å²) in [5.41, 5.74) is 0. The Bertz CT molecular complexity index is 220. The molecule has 0 aliphatic carbocycles. The summed E-state index contributed by atoms with van der Waals surface area (Å²) in [4.78, 5) is 21.9. The average Bonchev–Trinajstić information content (AvgIpc) is 2.32. The third-order valence-corrected chi connectivity index (χ3v) is 2.35. The summed E-state index contributed by atoms with van der Waals surface area (Å²) >= 11 is 0. The third kappa shape index (κ3) is 11.2. The average molecular weight is 244 g/mol. The molecule has 0 aromatic carbocycles. The molecule has 2 N–H and O–H groups in total. The molecule has 0 bridgehead atoms. The zero-order valence-electron chi connectivity index (χ0n) is 10.9. The van der Waals surface area contributed by atoms with Crippen LogP contribution in [0.2, 0.25) is 0 Å². The van der Waals surface area contributed by atoms with Crippen LogP contribution >= 0.6 is 0 Å². The molecule has 0 rings (SSSR count). The number of hydrogen-bond acceptors (Lipinski definition) is 4. The second kappa shape index (κ2) is 11.4. The smallest absolute Gasteiger partial charge is 0.305 e. The van der Waals surface area contributed by atoms with Gasteiger partial charge in [-0.3, -0.25) is 9.59 Å². The Morgan fingerprint density at radius 1 is 1.06 bits per heavy atom. The first-order valence-corrected chi connectivity index (χ1v) is 6.27. The van der Waals surface area contributed by atoms with E-state index in [-0.39, 0.29) is 11.9 Å². The highest BCUT2D eigenvalue weighted by Crippen LogP contribution is 2.00. The molecule has 0 atom stereocenters. The van der Waals surface area contributed by atoms with Gasteiger partial charge in [0.15, 0.2) is 0 Å². The zero-order chi connectivity index (χ0) is 12.9. The minimum Gasteiger partial charge on any atom is -0.466 e. The van der Waals surface area contributed by atoms with E-state index in [0.29, 0.717) is 26.0 Å². The quantitative estimate of drug-likeness (QED) is 0.441. The van der Waals surface area contributed by atoms with Crippen molar-refractivity contribution in [2.75, 3.05) is 26.7 Å². The fourth-order valence-electron chi connectivity index (χ4n) is 1.38. The standard InChI is InChI=1S/C12H24N2O3/c1-3-17-12(16)7-5-4-6-9-14-10-8-11(15)13-2/h14H,3-10H2,1-2H3,(H,13,15). The monoisotopic (exact) mass is 244 g/mol. The maximum atomic E-state index is 11.0. The van der Waals surface area contributed by atoms with Crippen LogP contribution in [0.3, 0.4) is 0 Å². The Morgan fingerprint density at radius 2 is 1.82 bits per heavy atom. The lowest BCUT2D eigenvalue weighted by atomic mass is 10.2. The van der Waals surface area contributed by atoms with Crippen LogP contribution < -0.4 is 10.6 Å². The second-order valence-corrected chi connectivity index (χ2v) is 3.79. The van der Waals surface area contributed by atoms with Crippen LogP contribution in [0.15, 0.2) is 0 Å². The molecule has 0 aliphatic heterocycles.